The zero-order valence-electron chi connectivity index (χ0n) is 11.9. The lowest BCUT2D eigenvalue weighted by atomic mass is 9.67. The number of benzene rings is 1. The maximum Gasteiger partial charge on any atom is 0.0169 e. The summed E-state index contributed by atoms with van der Waals surface area (Å²) in [7, 11) is 0. The third kappa shape index (κ3) is 1.96. The van der Waals surface area contributed by atoms with E-state index in [1.807, 2.05) is 11.3 Å². The van der Waals surface area contributed by atoms with Crippen molar-refractivity contribution in [2.24, 2.45) is 5.92 Å². The summed E-state index contributed by atoms with van der Waals surface area (Å²) in [6.07, 6.45) is 7.93. The molecule has 2 atom stereocenters. The first-order valence-corrected chi connectivity index (χ1v) is 8.60. The van der Waals surface area contributed by atoms with E-state index < -0.39 is 0 Å². The van der Waals surface area contributed by atoms with Gasteiger partial charge in [-0.15, -0.1) is 0 Å². The van der Waals surface area contributed by atoms with E-state index in [-0.39, 0.29) is 0 Å². The molecule has 0 N–H and O–H groups in total. The van der Waals surface area contributed by atoms with E-state index in [0.29, 0.717) is 5.92 Å². The second-order valence-electron chi connectivity index (χ2n) is 6.24. The van der Waals surface area contributed by atoms with Crippen molar-refractivity contribution in [2.75, 3.05) is 0 Å². The lowest BCUT2D eigenvalue weighted by molar-refractivity contribution is 0.414. The van der Waals surface area contributed by atoms with Crippen LogP contribution < -0.4 is 0 Å². The Morgan fingerprint density at radius 3 is 2.75 bits per heavy atom. The average molecular weight is 280 g/mol. The molecule has 0 amide bonds. The van der Waals surface area contributed by atoms with Crippen LogP contribution in [0.5, 0.6) is 0 Å². The normalized spacial score (nSPS) is 24.8. The van der Waals surface area contributed by atoms with Crippen molar-refractivity contribution in [3.05, 3.63) is 62.9 Å². The van der Waals surface area contributed by atoms with Gasteiger partial charge in [0, 0.05) is 5.92 Å². The molecule has 0 radical (unpaired) electrons. The Morgan fingerprint density at radius 2 is 1.90 bits per heavy atom. The van der Waals surface area contributed by atoms with Crippen LogP contribution in [0.15, 0.2) is 40.6 Å². The Kier molecular flexibility index (Phi) is 3.03. The third-order valence-corrected chi connectivity index (χ3v) is 5.73. The molecule has 20 heavy (non-hydrogen) atoms. The number of hydrogen-bond donors (Lipinski definition) is 0. The van der Waals surface area contributed by atoms with E-state index in [1.54, 1.807) is 11.1 Å². The molecule has 1 heteroatoms. The second-order valence-corrected chi connectivity index (χ2v) is 6.99. The highest BCUT2D eigenvalue weighted by atomic mass is 32.1. The molecule has 2 aromatic rings. The van der Waals surface area contributed by atoms with E-state index in [9.17, 15) is 0 Å². The average Bonchev–Trinajstić information content (AvgIpc) is 2.93. The predicted molar refractivity (Wildman–Crippen MR) is 87.3 cm³/mol. The fourth-order valence-electron chi connectivity index (χ4n) is 3.91. The Balaban J connectivity index is 1.84. The smallest absolute Gasteiger partial charge is 0.0169 e. The van der Waals surface area contributed by atoms with Crippen molar-refractivity contribution in [2.45, 2.75) is 38.5 Å². The lowest BCUT2D eigenvalue weighted by Gasteiger charge is -2.36. The summed E-state index contributed by atoms with van der Waals surface area (Å²) >= 11 is 1.86. The maximum atomic E-state index is 2.49. The van der Waals surface area contributed by atoms with Gasteiger partial charge in [-0.2, -0.15) is 11.3 Å². The van der Waals surface area contributed by atoms with E-state index in [1.165, 1.54) is 42.4 Å². The van der Waals surface area contributed by atoms with Crippen LogP contribution in [0.3, 0.4) is 0 Å². The topological polar surface area (TPSA) is 0 Å². The second kappa shape index (κ2) is 4.89. The minimum Gasteiger partial charge on any atom is -0.151 e. The van der Waals surface area contributed by atoms with Gasteiger partial charge in [-0.25, -0.2) is 0 Å². The molecule has 1 aromatic carbocycles. The van der Waals surface area contributed by atoms with Crippen LogP contribution in [-0.2, 0) is 0 Å². The summed E-state index contributed by atoms with van der Waals surface area (Å²) in [4.78, 5) is 0. The maximum absolute atomic E-state index is 2.49. The fourth-order valence-corrected chi connectivity index (χ4v) is 4.76. The van der Waals surface area contributed by atoms with Gasteiger partial charge in [0.25, 0.3) is 0 Å². The molecule has 2 aliphatic rings. The minimum atomic E-state index is 0.595. The van der Waals surface area contributed by atoms with Crippen molar-refractivity contribution in [3.8, 4) is 0 Å². The number of rotatable bonds is 1. The Bertz CT molecular complexity index is 645. The number of allylic oxidation sites excluding steroid dienone is 1. The Labute approximate surface area is 125 Å². The summed E-state index contributed by atoms with van der Waals surface area (Å²) in [5, 5.41) is 4.70. The standard InChI is InChI=1S/C19H20S/c1-13-6-8-14(9-7-13)19-17-5-3-2-4-15(17)10-16-11-20-12-18(16)19/h6-12,17,19H,2-5H2,1H3. The molecule has 102 valence electrons. The van der Waals surface area contributed by atoms with Crippen LogP contribution in [0.1, 0.15) is 53.9 Å². The minimum absolute atomic E-state index is 0.595. The molecule has 0 saturated heterocycles. The van der Waals surface area contributed by atoms with E-state index in [2.05, 4.69) is 48.0 Å². The summed E-state index contributed by atoms with van der Waals surface area (Å²) in [5.74, 6) is 1.34. The van der Waals surface area contributed by atoms with Crippen LogP contribution >= 0.6 is 11.3 Å². The molecule has 0 bridgehead atoms. The molecule has 1 heterocycles. The van der Waals surface area contributed by atoms with E-state index >= 15 is 0 Å². The molecule has 1 saturated carbocycles. The Morgan fingerprint density at radius 1 is 1.05 bits per heavy atom. The van der Waals surface area contributed by atoms with Crippen molar-refractivity contribution < 1.29 is 0 Å². The molecule has 0 aliphatic heterocycles. The van der Waals surface area contributed by atoms with Gasteiger partial charge in [0.05, 0.1) is 0 Å². The lowest BCUT2D eigenvalue weighted by Crippen LogP contribution is -2.23. The number of aryl methyl sites for hydroxylation is 1. The van der Waals surface area contributed by atoms with Gasteiger partial charge in [0.2, 0.25) is 0 Å². The highest BCUT2D eigenvalue weighted by Crippen LogP contribution is 2.49. The highest BCUT2D eigenvalue weighted by molar-refractivity contribution is 7.08. The van der Waals surface area contributed by atoms with Gasteiger partial charge in [-0.3, -0.25) is 0 Å². The van der Waals surface area contributed by atoms with Crippen LogP contribution in [0.2, 0.25) is 0 Å². The SMILES string of the molecule is Cc1ccc(C2c3cscc3C=C3CCCCC32)cc1. The molecule has 1 fully saturated rings. The molecule has 0 spiro atoms. The summed E-state index contributed by atoms with van der Waals surface area (Å²) in [5.41, 5.74) is 7.61. The zero-order valence-corrected chi connectivity index (χ0v) is 12.7. The van der Waals surface area contributed by atoms with Crippen molar-refractivity contribution in [3.63, 3.8) is 0 Å². The molecule has 2 aliphatic carbocycles. The summed E-state index contributed by atoms with van der Waals surface area (Å²) in [6, 6.07) is 9.22. The van der Waals surface area contributed by atoms with Gasteiger partial charge in [0.1, 0.15) is 0 Å². The van der Waals surface area contributed by atoms with Crippen LogP contribution in [0.25, 0.3) is 6.08 Å². The largest absolute Gasteiger partial charge is 0.151 e. The van der Waals surface area contributed by atoms with Crippen LogP contribution in [0, 0.1) is 12.8 Å². The van der Waals surface area contributed by atoms with Crippen molar-refractivity contribution in [1.82, 2.24) is 0 Å². The van der Waals surface area contributed by atoms with Gasteiger partial charge in [0.15, 0.2) is 0 Å². The third-order valence-electron chi connectivity index (χ3n) is 4.94. The van der Waals surface area contributed by atoms with Crippen LogP contribution in [0.4, 0.5) is 0 Å². The molecular formula is C19H20S. The van der Waals surface area contributed by atoms with Crippen molar-refractivity contribution in [1.29, 1.82) is 0 Å². The highest BCUT2D eigenvalue weighted by Gasteiger charge is 2.34. The van der Waals surface area contributed by atoms with E-state index in [0.717, 1.165) is 5.92 Å². The Hall–Kier alpha value is -1.34. The van der Waals surface area contributed by atoms with E-state index in [4.69, 9.17) is 0 Å². The van der Waals surface area contributed by atoms with Gasteiger partial charge in [-0.1, -0.05) is 47.9 Å². The zero-order chi connectivity index (χ0) is 13.5. The molecule has 4 rings (SSSR count). The molecule has 0 nitrogen and oxygen atoms in total. The first-order valence-electron chi connectivity index (χ1n) is 7.66. The van der Waals surface area contributed by atoms with Gasteiger partial charge in [-0.05, 0) is 59.6 Å². The van der Waals surface area contributed by atoms with Gasteiger partial charge >= 0.3 is 0 Å². The summed E-state index contributed by atoms with van der Waals surface area (Å²) in [6.45, 7) is 2.17. The molecule has 2 unspecified atom stereocenters. The summed E-state index contributed by atoms with van der Waals surface area (Å²) < 4.78 is 0. The predicted octanol–water partition coefficient (Wildman–Crippen LogP) is 5.78. The first kappa shape index (κ1) is 12.4. The first-order chi connectivity index (χ1) is 9.83. The molecular weight excluding hydrogens is 260 g/mol. The van der Waals surface area contributed by atoms with Gasteiger partial charge < -0.3 is 0 Å². The quantitative estimate of drug-likeness (QED) is 0.621. The van der Waals surface area contributed by atoms with Crippen molar-refractivity contribution >= 4 is 17.4 Å². The number of thiophene rings is 1. The fraction of sp³-hybridized carbons (Fsp3) is 0.368. The number of hydrogen-bond acceptors (Lipinski definition) is 1. The van der Waals surface area contributed by atoms with Crippen LogP contribution in [-0.4, -0.2) is 0 Å². The number of fused-ring (bicyclic) bond motifs is 2. The monoisotopic (exact) mass is 280 g/mol. The molecule has 1 aromatic heterocycles.